The van der Waals surface area contributed by atoms with Gasteiger partial charge in [-0.3, -0.25) is 0 Å². The Hall–Kier alpha value is -1.91. The Morgan fingerprint density at radius 2 is 2.19 bits per heavy atom. The number of nitrogen functional groups attached to an aromatic ring is 1. The zero-order chi connectivity index (χ0) is 11.1. The summed E-state index contributed by atoms with van der Waals surface area (Å²) < 4.78 is 15.6. The van der Waals surface area contributed by atoms with Crippen LogP contribution < -0.4 is 5.73 Å². The van der Waals surface area contributed by atoms with Crippen LogP contribution in [0.1, 0.15) is 18.9 Å². The molecule has 2 N–H and O–H groups in total. The highest BCUT2D eigenvalue weighted by Gasteiger charge is 2.28. The molecule has 5 heteroatoms. The predicted octanol–water partition coefficient (Wildman–Crippen LogP) is 2.00. The molecule has 1 saturated carbocycles. The summed E-state index contributed by atoms with van der Waals surface area (Å²) >= 11 is 0. The Morgan fingerprint density at radius 3 is 2.88 bits per heavy atom. The molecule has 1 heterocycles. The summed E-state index contributed by atoms with van der Waals surface area (Å²) in [7, 11) is 0. The topological polar surface area (TPSA) is 56.7 Å². The fourth-order valence-electron chi connectivity index (χ4n) is 1.82. The van der Waals surface area contributed by atoms with Crippen molar-refractivity contribution in [2.45, 2.75) is 18.9 Å². The quantitative estimate of drug-likeness (QED) is 0.784. The molecule has 0 unspecified atom stereocenters. The van der Waals surface area contributed by atoms with E-state index in [-0.39, 0.29) is 5.82 Å². The third-order valence-electron chi connectivity index (χ3n) is 2.78. The molecule has 1 aromatic heterocycles. The second kappa shape index (κ2) is 3.30. The lowest BCUT2D eigenvalue weighted by atomic mass is 10.1. The average Bonchev–Trinajstić information content (AvgIpc) is 2.99. The van der Waals surface area contributed by atoms with Crippen LogP contribution in [0.15, 0.2) is 24.5 Å². The maximum Gasteiger partial charge on any atom is 0.169 e. The van der Waals surface area contributed by atoms with Crippen molar-refractivity contribution in [3.05, 3.63) is 30.3 Å². The van der Waals surface area contributed by atoms with Crippen molar-refractivity contribution >= 4 is 5.69 Å². The average molecular weight is 218 g/mol. The van der Waals surface area contributed by atoms with E-state index in [9.17, 15) is 4.39 Å². The van der Waals surface area contributed by atoms with Gasteiger partial charge >= 0.3 is 0 Å². The van der Waals surface area contributed by atoms with Crippen molar-refractivity contribution in [2.24, 2.45) is 0 Å². The SMILES string of the molecule is Nc1cccc(F)c1-c1nncn1C1CC1. The Bertz CT molecular complexity index is 510. The number of benzene rings is 1. The van der Waals surface area contributed by atoms with Gasteiger partial charge in [-0.1, -0.05) is 6.07 Å². The summed E-state index contributed by atoms with van der Waals surface area (Å²) in [6, 6.07) is 5.05. The van der Waals surface area contributed by atoms with Crippen molar-refractivity contribution in [1.82, 2.24) is 14.8 Å². The number of rotatable bonds is 2. The first-order valence-corrected chi connectivity index (χ1v) is 5.21. The molecule has 4 nitrogen and oxygen atoms in total. The van der Waals surface area contributed by atoms with Gasteiger partial charge in [-0.15, -0.1) is 10.2 Å². The third kappa shape index (κ3) is 1.36. The summed E-state index contributed by atoms with van der Waals surface area (Å²) in [5.74, 6) is 0.174. The van der Waals surface area contributed by atoms with E-state index < -0.39 is 0 Å². The van der Waals surface area contributed by atoms with Gasteiger partial charge in [0.1, 0.15) is 12.1 Å². The zero-order valence-corrected chi connectivity index (χ0v) is 8.60. The smallest absolute Gasteiger partial charge is 0.169 e. The van der Waals surface area contributed by atoms with E-state index in [1.807, 2.05) is 4.57 Å². The van der Waals surface area contributed by atoms with Gasteiger partial charge in [-0.2, -0.15) is 0 Å². The molecule has 1 fully saturated rings. The molecule has 0 aliphatic heterocycles. The van der Waals surface area contributed by atoms with E-state index in [1.165, 1.54) is 6.07 Å². The van der Waals surface area contributed by atoms with Crippen LogP contribution >= 0.6 is 0 Å². The Kier molecular flexibility index (Phi) is 1.92. The van der Waals surface area contributed by atoms with E-state index in [0.29, 0.717) is 23.1 Å². The lowest BCUT2D eigenvalue weighted by molar-refractivity contribution is 0.627. The van der Waals surface area contributed by atoms with Gasteiger partial charge < -0.3 is 10.3 Å². The molecule has 0 radical (unpaired) electrons. The first-order valence-electron chi connectivity index (χ1n) is 5.21. The molecule has 0 atom stereocenters. The number of nitrogens with zero attached hydrogens (tertiary/aromatic N) is 3. The molecule has 0 spiro atoms. The Labute approximate surface area is 91.9 Å². The van der Waals surface area contributed by atoms with Crippen molar-refractivity contribution in [3.63, 3.8) is 0 Å². The van der Waals surface area contributed by atoms with Crippen LogP contribution in [-0.4, -0.2) is 14.8 Å². The number of anilines is 1. The van der Waals surface area contributed by atoms with Gasteiger partial charge in [-0.25, -0.2) is 4.39 Å². The molecule has 82 valence electrons. The molecule has 3 rings (SSSR count). The highest BCUT2D eigenvalue weighted by atomic mass is 19.1. The van der Waals surface area contributed by atoms with Crippen molar-refractivity contribution in [3.8, 4) is 11.4 Å². The van der Waals surface area contributed by atoms with Gasteiger partial charge in [-0.05, 0) is 25.0 Å². The van der Waals surface area contributed by atoms with Crippen LogP contribution in [0.2, 0.25) is 0 Å². The molecule has 1 aliphatic rings. The fourth-order valence-corrected chi connectivity index (χ4v) is 1.82. The second-order valence-corrected chi connectivity index (χ2v) is 4.00. The molecule has 0 amide bonds. The minimum absolute atomic E-state index is 0.352. The van der Waals surface area contributed by atoms with Crippen LogP contribution in [0, 0.1) is 5.82 Å². The first-order chi connectivity index (χ1) is 7.77. The number of nitrogens with two attached hydrogens (primary N) is 1. The van der Waals surface area contributed by atoms with Gasteiger partial charge in [0.2, 0.25) is 0 Å². The van der Waals surface area contributed by atoms with E-state index in [4.69, 9.17) is 5.73 Å². The van der Waals surface area contributed by atoms with Gasteiger partial charge in [0.15, 0.2) is 5.82 Å². The molecule has 0 bridgehead atoms. The lowest BCUT2D eigenvalue weighted by Gasteiger charge is -2.07. The maximum atomic E-state index is 13.7. The summed E-state index contributed by atoms with van der Waals surface area (Å²) in [6.07, 6.45) is 3.83. The summed E-state index contributed by atoms with van der Waals surface area (Å²) in [5.41, 5.74) is 6.53. The van der Waals surface area contributed by atoms with Crippen molar-refractivity contribution in [2.75, 3.05) is 5.73 Å². The van der Waals surface area contributed by atoms with E-state index in [2.05, 4.69) is 10.2 Å². The van der Waals surface area contributed by atoms with E-state index in [1.54, 1.807) is 18.5 Å². The van der Waals surface area contributed by atoms with Gasteiger partial charge in [0, 0.05) is 11.7 Å². The molecule has 1 aliphatic carbocycles. The van der Waals surface area contributed by atoms with E-state index in [0.717, 1.165) is 12.8 Å². The van der Waals surface area contributed by atoms with Crippen LogP contribution in [0.4, 0.5) is 10.1 Å². The van der Waals surface area contributed by atoms with Crippen molar-refractivity contribution in [1.29, 1.82) is 0 Å². The van der Waals surface area contributed by atoms with Crippen LogP contribution in [0.5, 0.6) is 0 Å². The molecule has 1 aromatic carbocycles. The number of halogens is 1. The molecule has 2 aromatic rings. The second-order valence-electron chi connectivity index (χ2n) is 4.00. The van der Waals surface area contributed by atoms with Crippen LogP contribution in [0.3, 0.4) is 0 Å². The number of hydrogen-bond acceptors (Lipinski definition) is 3. The molecule has 16 heavy (non-hydrogen) atoms. The Balaban J connectivity index is 2.17. The summed E-state index contributed by atoms with van der Waals surface area (Å²) in [4.78, 5) is 0. The van der Waals surface area contributed by atoms with Gasteiger partial charge in [0.25, 0.3) is 0 Å². The lowest BCUT2D eigenvalue weighted by Crippen LogP contribution is -2.01. The Morgan fingerprint density at radius 1 is 1.38 bits per heavy atom. The predicted molar refractivity (Wildman–Crippen MR) is 58.1 cm³/mol. The molecule has 0 saturated heterocycles. The first kappa shape index (κ1) is 9.33. The minimum Gasteiger partial charge on any atom is -0.398 e. The summed E-state index contributed by atoms with van der Waals surface area (Å²) in [6.45, 7) is 0. The van der Waals surface area contributed by atoms with Gasteiger partial charge in [0.05, 0.1) is 5.56 Å². The van der Waals surface area contributed by atoms with Crippen LogP contribution in [-0.2, 0) is 0 Å². The highest BCUT2D eigenvalue weighted by Crippen LogP contribution is 2.38. The fraction of sp³-hybridized carbons (Fsp3) is 0.273. The standard InChI is InChI=1S/C11H11FN4/c12-8-2-1-3-9(13)10(8)11-15-14-6-16(11)7-4-5-7/h1-3,6-7H,4-5,13H2. The molecular weight excluding hydrogens is 207 g/mol. The normalized spacial score (nSPS) is 15.3. The van der Waals surface area contributed by atoms with Crippen molar-refractivity contribution < 1.29 is 4.39 Å². The largest absolute Gasteiger partial charge is 0.398 e. The molecular formula is C11H11FN4. The van der Waals surface area contributed by atoms with E-state index >= 15 is 0 Å². The third-order valence-corrected chi connectivity index (χ3v) is 2.78. The zero-order valence-electron chi connectivity index (χ0n) is 8.60. The number of hydrogen-bond donors (Lipinski definition) is 1. The monoisotopic (exact) mass is 218 g/mol. The number of aromatic nitrogens is 3. The maximum absolute atomic E-state index is 13.7. The highest BCUT2D eigenvalue weighted by molar-refractivity contribution is 5.72. The minimum atomic E-state index is -0.352. The van der Waals surface area contributed by atoms with Crippen LogP contribution in [0.25, 0.3) is 11.4 Å². The summed E-state index contributed by atoms with van der Waals surface area (Å²) in [5, 5.41) is 7.80.